The predicted molar refractivity (Wildman–Crippen MR) is 82.9 cm³/mol. The summed E-state index contributed by atoms with van der Waals surface area (Å²) >= 11 is 0. The average molecular weight is 288 g/mol. The monoisotopic (exact) mass is 288 g/mol. The van der Waals surface area contributed by atoms with Crippen LogP contribution in [0.5, 0.6) is 0 Å². The molecule has 0 unspecified atom stereocenters. The molecule has 0 aliphatic carbocycles. The molecule has 0 fully saturated rings. The normalized spacial score (nSPS) is 14.0. The summed E-state index contributed by atoms with van der Waals surface area (Å²) in [4.78, 5) is 12.3. The lowest BCUT2D eigenvalue weighted by Gasteiger charge is -2.19. The average Bonchev–Trinajstić information content (AvgIpc) is 2.91. The van der Waals surface area contributed by atoms with Crippen molar-refractivity contribution in [1.29, 1.82) is 0 Å². The minimum absolute atomic E-state index is 0.0357. The minimum Gasteiger partial charge on any atom is -0.346 e. The van der Waals surface area contributed by atoms with Crippen LogP contribution in [0.1, 0.15) is 58.3 Å². The highest BCUT2D eigenvalue weighted by molar-refractivity contribution is 5.78. The number of aromatic nitrogens is 3. The standard InChI is InChI=1S/C16H24N4O/c1-4-8-12(3)16(21)17-13(9-5-2)15-19-18-14-10-6-7-11-20(14)15/h6-7,10-13H,4-5,8-9H2,1-3H3,(H,17,21)/t12-,13-/m1/s1. The molecule has 0 aliphatic rings. The fraction of sp³-hybridized carbons (Fsp3) is 0.562. The molecule has 2 aromatic rings. The van der Waals surface area contributed by atoms with E-state index in [-0.39, 0.29) is 17.9 Å². The number of rotatable bonds is 7. The lowest BCUT2D eigenvalue weighted by Crippen LogP contribution is -2.33. The summed E-state index contributed by atoms with van der Waals surface area (Å²) in [6, 6.07) is 5.72. The zero-order valence-electron chi connectivity index (χ0n) is 13.0. The van der Waals surface area contributed by atoms with Gasteiger partial charge in [-0.1, -0.05) is 39.7 Å². The summed E-state index contributed by atoms with van der Waals surface area (Å²) in [6.45, 7) is 6.18. The van der Waals surface area contributed by atoms with Gasteiger partial charge in [-0.25, -0.2) is 0 Å². The molecule has 2 aromatic heterocycles. The van der Waals surface area contributed by atoms with Gasteiger partial charge in [-0.05, 0) is 25.0 Å². The number of nitrogens with one attached hydrogen (secondary N) is 1. The van der Waals surface area contributed by atoms with Crippen molar-refractivity contribution in [2.24, 2.45) is 5.92 Å². The van der Waals surface area contributed by atoms with Crippen LogP contribution in [0.2, 0.25) is 0 Å². The first-order valence-electron chi connectivity index (χ1n) is 7.77. The van der Waals surface area contributed by atoms with E-state index in [1.165, 1.54) is 0 Å². The van der Waals surface area contributed by atoms with E-state index in [9.17, 15) is 4.79 Å². The maximum absolute atomic E-state index is 12.3. The van der Waals surface area contributed by atoms with Crippen LogP contribution < -0.4 is 5.32 Å². The third-order valence-corrected chi connectivity index (χ3v) is 3.71. The second-order valence-electron chi connectivity index (χ2n) is 5.53. The Morgan fingerprint density at radius 3 is 2.71 bits per heavy atom. The molecular formula is C16H24N4O. The number of amides is 1. The molecule has 1 N–H and O–H groups in total. The molecule has 21 heavy (non-hydrogen) atoms. The zero-order valence-corrected chi connectivity index (χ0v) is 13.0. The van der Waals surface area contributed by atoms with E-state index >= 15 is 0 Å². The summed E-state index contributed by atoms with van der Waals surface area (Å²) in [6.07, 6.45) is 5.70. The van der Waals surface area contributed by atoms with Crippen molar-refractivity contribution in [3.05, 3.63) is 30.2 Å². The van der Waals surface area contributed by atoms with Crippen LogP contribution in [-0.2, 0) is 4.79 Å². The summed E-state index contributed by atoms with van der Waals surface area (Å²) in [5.41, 5.74) is 0.810. The third-order valence-electron chi connectivity index (χ3n) is 3.71. The van der Waals surface area contributed by atoms with E-state index in [0.29, 0.717) is 0 Å². The highest BCUT2D eigenvalue weighted by Crippen LogP contribution is 2.19. The van der Waals surface area contributed by atoms with Crippen molar-refractivity contribution in [2.75, 3.05) is 0 Å². The van der Waals surface area contributed by atoms with Gasteiger partial charge in [0.25, 0.3) is 0 Å². The van der Waals surface area contributed by atoms with E-state index in [1.807, 2.05) is 35.7 Å². The van der Waals surface area contributed by atoms with E-state index in [4.69, 9.17) is 0 Å². The number of hydrogen-bond donors (Lipinski definition) is 1. The molecule has 2 rings (SSSR count). The van der Waals surface area contributed by atoms with Crippen LogP contribution in [0.4, 0.5) is 0 Å². The van der Waals surface area contributed by atoms with Crippen molar-refractivity contribution in [3.8, 4) is 0 Å². The lowest BCUT2D eigenvalue weighted by atomic mass is 10.0. The molecule has 0 bridgehead atoms. The molecule has 5 heteroatoms. The van der Waals surface area contributed by atoms with Crippen LogP contribution in [0, 0.1) is 5.92 Å². The fourth-order valence-corrected chi connectivity index (χ4v) is 2.53. The number of carbonyl (C=O) groups excluding carboxylic acids is 1. The van der Waals surface area contributed by atoms with Gasteiger partial charge in [0.15, 0.2) is 11.5 Å². The van der Waals surface area contributed by atoms with Gasteiger partial charge in [0.05, 0.1) is 6.04 Å². The second-order valence-corrected chi connectivity index (χ2v) is 5.53. The van der Waals surface area contributed by atoms with E-state index in [0.717, 1.165) is 37.2 Å². The first-order valence-corrected chi connectivity index (χ1v) is 7.77. The van der Waals surface area contributed by atoms with Crippen LogP contribution in [0.25, 0.3) is 5.65 Å². The number of fused-ring (bicyclic) bond motifs is 1. The van der Waals surface area contributed by atoms with Crippen LogP contribution >= 0.6 is 0 Å². The maximum atomic E-state index is 12.3. The van der Waals surface area contributed by atoms with Gasteiger partial charge in [0.2, 0.25) is 5.91 Å². The Bertz CT molecular complexity index is 593. The number of carbonyl (C=O) groups is 1. The molecule has 2 atom stereocenters. The highest BCUT2D eigenvalue weighted by atomic mass is 16.1. The summed E-state index contributed by atoms with van der Waals surface area (Å²) in [7, 11) is 0. The van der Waals surface area contributed by atoms with Crippen molar-refractivity contribution < 1.29 is 4.79 Å². The number of hydrogen-bond acceptors (Lipinski definition) is 3. The number of nitrogens with zero attached hydrogens (tertiary/aromatic N) is 3. The SMILES string of the molecule is CCC[C@@H](C)C(=O)N[C@H](CCC)c1nnc2ccccn12. The molecule has 0 saturated heterocycles. The summed E-state index contributed by atoms with van der Waals surface area (Å²) in [5.74, 6) is 0.945. The third kappa shape index (κ3) is 3.60. The smallest absolute Gasteiger partial charge is 0.223 e. The van der Waals surface area contributed by atoms with Crippen LogP contribution in [-0.4, -0.2) is 20.5 Å². The Kier molecular flexibility index (Phi) is 5.31. The molecule has 5 nitrogen and oxygen atoms in total. The molecule has 0 aromatic carbocycles. The van der Waals surface area contributed by atoms with Gasteiger partial charge in [-0.2, -0.15) is 0 Å². The molecule has 114 valence electrons. The Labute approximate surface area is 125 Å². The molecular weight excluding hydrogens is 264 g/mol. The number of pyridine rings is 1. The largest absolute Gasteiger partial charge is 0.346 e. The quantitative estimate of drug-likeness (QED) is 0.851. The minimum atomic E-state index is -0.0841. The Morgan fingerprint density at radius 1 is 1.24 bits per heavy atom. The lowest BCUT2D eigenvalue weighted by molar-refractivity contribution is -0.125. The van der Waals surface area contributed by atoms with Crippen molar-refractivity contribution in [1.82, 2.24) is 19.9 Å². The molecule has 2 heterocycles. The Balaban J connectivity index is 2.20. The van der Waals surface area contributed by atoms with Gasteiger partial charge in [-0.15, -0.1) is 10.2 Å². The van der Waals surface area contributed by atoms with Gasteiger partial charge >= 0.3 is 0 Å². The summed E-state index contributed by atoms with van der Waals surface area (Å²) in [5, 5.41) is 11.6. The molecule has 0 spiro atoms. The van der Waals surface area contributed by atoms with Crippen LogP contribution in [0.3, 0.4) is 0 Å². The maximum Gasteiger partial charge on any atom is 0.223 e. The van der Waals surface area contributed by atoms with Crippen molar-refractivity contribution in [3.63, 3.8) is 0 Å². The molecule has 0 radical (unpaired) electrons. The zero-order chi connectivity index (χ0) is 15.2. The van der Waals surface area contributed by atoms with Crippen LogP contribution in [0.15, 0.2) is 24.4 Å². The second kappa shape index (κ2) is 7.20. The Hall–Kier alpha value is -1.91. The highest BCUT2D eigenvalue weighted by Gasteiger charge is 2.21. The summed E-state index contributed by atoms with van der Waals surface area (Å²) < 4.78 is 1.95. The van der Waals surface area contributed by atoms with Gasteiger partial charge < -0.3 is 5.32 Å². The molecule has 1 amide bonds. The predicted octanol–water partition coefficient (Wildman–Crippen LogP) is 3.12. The first-order chi connectivity index (χ1) is 10.2. The van der Waals surface area contributed by atoms with Gasteiger partial charge in [0.1, 0.15) is 0 Å². The molecule has 0 aliphatic heterocycles. The van der Waals surface area contributed by atoms with Crippen molar-refractivity contribution >= 4 is 11.6 Å². The topological polar surface area (TPSA) is 59.3 Å². The van der Waals surface area contributed by atoms with Gasteiger partial charge in [-0.3, -0.25) is 9.20 Å². The van der Waals surface area contributed by atoms with Gasteiger partial charge in [0, 0.05) is 12.1 Å². The fourth-order valence-electron chi connectivity index (χ4n) is 2.53. The Morgan fingerprint density at radius 2 is 2.00 bits per heavy atom. The van der Waals surface area contributed by atoms with Crippen molar-refractivity contribution in [2.45, 2.75) is 52.5 Å². The van der Waals surface area contributed by atoms with E-state index in [2.05, 4.69) is 29.4 Å². The van der Waals surface area contributed by atoms with E-state index < -0.39 is 0 Å². The molecule has 0 saturated carbocycles. The van der Waals surface area contributed by atoms with E-state index in [1.54, 1.807) is 0 Å². The first kappa shape index (κ1) is 15.5.